The molecule has 0 saturated carbocycles. The van der Waals surface area contributed by atoms with Crippen LogP contribution in [-0.2, 0) is 19.1 Å². The Bertz CT molecular complexity index is 817. The lowest BCUT2D eigenvalue weighted by Crippen LogP contribution is -2.40. The molecule has 0 saturated heterocycles. The molecule has 0 bridgehead atoms. The number of nitrogens with one attached hydrogen (secondary N) is 1. The first-order valence-electron chi connectivity index (χ1n) is 22.0. The summed E-state index contributed by atoms with van der Waals surface area (Å²) >= 11 is 0. The molecular formula is C44H84N2O5. The van der Waals surface area contributed by atoms with Crippen molar-refractivity contribution in [2.75, 3.05) is 6.54 Å². The molecule has 0 rings (SSSR count). The number of unbranched alkanes of at least 4 members (excludes halogenated alkanes) is 24. The van der Waals surface area contributed by atoms with Crippen LogP contribution in [0.1, 0.15) is 232 Å². The largest absolute Gasteiger partial charge is 0.480 e. The number of nitrogens with two attached hydrogens (primary N) is 1. The van der Waals surface area contributed by atoms with Crippen LogP contribution in [-0.4, -0.2) is 41.6 Å². The average molecular weight is 721 g/mol. The number of rotatable bonds is 40. The highest BCUT2D eigenvalue weighted by Crippen LogP contribution is 2.19. The predicted octanol–water partition coefficient (Wildman–Crippen LogP) is 12.3. The number of aliphatic carboxylic acids is 1. The monoisotopic (exact) mass is 721 g/mol. The molecule has 0 aromatic carbocycles. The smallest absolute Gasteiger partial charge is 0.326 e. The molecule has 0 radical (unpaired) electrons. The van der Waals surface area contributed by atoms with Gasteiger partial charge in [0, 0.05) is 12.8 Å². The average Bonchev–Trinajstić information content (AvgIpc) is 3.11. The van der Waals surface area contributed by atoms with Crippen molar-refractivity contribution in [3.05, 3.63) is 12.2 Å². The molecule has 4 N–H and O–H groups in total. The van der Waals surface area contributed by atoms with Crippen LogP contribution in [0.5, 0.6) is 0 Å². The third-order valence-electron chi connectivity index (χ3n) is 10.1. The molecule has 0 heterocycles. The number of esters is 1. The van der Waals surface area contributed by atoms with E-state index in [9.17, 15) is 19.5 Å². The molecule has 0 aliphatic carbocycles. The van der Waals surface area contributed by atoms with E-state index < -0.39 is 12.0 Å². The zero-order chi connectivity index (χ0) is 37.5. The minimum absolute atomic E-state index is 0.0153. The Morgan fingerprint density at radius 3 is 1.47 bits per heavy atom. The summed E-state index contributed by atoms with van der Waals surface area (Å²) in [5, 5.41) is 11.9. The normalized spacial score (nSPS) is 12.7. The van der Waals surface area contributed by atoms with Gasteiger partial charge in [-0.15, -0.1) is 0 Å². The molecule has 0 fully saturated rings. The van der Waals surface area contributed by atoms with Crippen LogP contribution in [0.25, 0.3) is 0 Å². The SMILES string of the molecule is CCCC/C=C\CCCCCCCC(=O)OC(CCCCCCCCCCCCCCCC)CCCCCCCC(=O)NC(CCCN)C(=O)O. The van der Waals surface area contributed by atoms with Crippen LogP contribution in [0.2, 0.25) is 0 Å². The first-order valence-corrected chi connectivity index (χ1v) is 22.0. The second-order valence-electron chi connectivity index (χ2n) is 15.1. The van der Waals surface area contributed by atoms with Crippen molar-refractivity contribution in [1.29, 1.82) is 0 Å². The molecule has 0 aromatic heterocycles. The molecule has 0 spiro atoms. The predicted molar refractivity (Wildman–Crippen MR) is 216 cm³/mol. The zero-order valence-electron chi connectivity index (χ0n) is 33.7. The third-order valence-corrected chi connectivity index (χ3v) is 10.1. The van der Waals surface area contributed by atoms with Gasteiger partial charge in [0.05, 0.1) is 0 Å². The van der Waals surface area contributed by atoms with Gasteiger partial charge in [-0.05, 0) is 77.2 Å². The van der Waals surface area contributed by atoms with E-state index in [2.05, 4.69) is 31.3 Å². The van der Waals surface area contributed by atoms with E-state index in [1.54, 1.807) is 0 Å². The highest BCUT2D eigenvalue weighted by Gasteiger charge is 2.19. The Morgan fingerprint density at radius 2 is 0.980 bits per heavy atom. The summed E-state index contributed by atoms with van der Waals surface area (Å²) < 4.78 is 6.04. The maximum absolute atomic E-state index is 12.8. The van der Waals surface area contributed by atoms with Gasteiger partial charge in [0.2, 0.25) is 5.91 Å². The number of ether oxygens (including phenoxy) is 1. The van der Waals surface area contributed by atoms with Crippen LogP contribution in [0.15, 0.2) is 12.2 Å². The van der Waals surface area contributed by atoms with E-state index in [1.807, 2.05) is 0 Å². The third kappa shape index (κ3) is 36.3. The van der Waals surface area contributed by atoms with E-state index >= 15 is 0 Å². The number of hydrogen-bond acceptors (Lipinski definition) is 5. The molecule has 0 aliphatic heterocycles. The van der Waals surface area contributed by atoms with Gasteiger partial charge in [0.25, 0.3) is 0 Å². The number of carbonyl (C=O) groups is 3. The van der Waals surface area contributed by atoms with Crippen LogP contribution < -0.4 is 11.1 Å². The van der Waals surface area contributed by atoms with Gasteiger partial charge in [0.15, 0.2) is 0 Å². The fourth-order valence-corrected chi connectivity index (χ4v) is 6.73. The lowest BCUT2D eigenvalue weighted by Gasteiger charge is -2.18. The van der Waals surface area contributed by atoms with Gasteiger partial charge in [-0.3, -0.25) is 9.59 Å². The van der Waals surface area contributed by atoms with E-state index in [4.69, 9.17) is 10.5 Å². The first-order chi connectivity index (χ1) is 24.9. The Morgan fingerprint density at radius 1 is 0.549 bits per heavy atom. The van der Waals surface area contributed by atoms with E-state index in [1.165, 1.54) is 128 Å². The summed E-state index contributed by atoms with van der Waals surface area (Å²) in [7, 11) is 0. The Labute approximate surface area is 315 Å². The van der Waals surface area contributed by atoms with E-state index in [0.29, 0.717) is 32.2 Å². The van der Waals surface area contributed by atoms with Gasteiger partial charge >= 0.3 is 11.9 Å². The summed E-state index contributed by atoms with van der Waals surface area (Å²) in [6, 6.07) is -0.854. The van der Waals surface area contributed by atoms with Crippen molar-refractivity contribution in [1.82, 2.24) is 5.32 Å². The van der Waals surface area contributed by atoms with Gasteiger partial charge in [-0.25, -0.2) is 4.79 Å². The summed E-state index contributed by atoms with van der Waals surface area (Å²) in [5.74, 6) is -1.23. The van der Waals surface area contributed by atoms with Crippen LogP contribution in [0.4, 0.5) is 0 Å². The molecule has 0 aromatic rings. The quantitative estimate of drug-likeness (QED) is 0.0329. The molecular weight excluding hydrogens is 636 g/mol. The fourth-order valence-electron chi connectivity index (χ4n) is 6.73. The van der Waals surface area contributed by atoms with Crippen molar-refractivity contribution in [2.45, 2.75) is 244 Å². The fraction of sp³-hybridized carbons (Fsp3) is 0.886. The molecule has 7 nitrogen and oxygen atoms in total. The number of carboxylic acids is 1. The number of amides is 1. The number of allylic oxidation sites excluding steroid dienone is 2. The maximum atomic E-state index is 12.8. The van der Waals surface area contributed by atoms with Crippen molar-refractivity contribution in [3.63, 3.8) is 0 Å². The number of carbonyl (C=O) groups excluding carboxylic acids is 2. The Balaban J connectivity index is 4.31. The second-order valence-corrected chi connectivity index (χ2v) is 15.1. The number of carboxylic acid groups (broad SMARTS) is 1. The van der Waals surface area contributed by atoms with E-state index in [-0.39, 0.29) is 18.0 Å². The molecule has 300 valence electrons. The molecule has 2 atom stereocenters. The lowest BCUT2D eigenvalue weighted by atomic mass is 10.0. The van der Waals surface area contributed by atoms with Crippen LogP contribution >= 0.6 is 0 Å². The van der Waals surface area contributed by atoms with Crippen molar-refractivity contribution >= 4 is 17.8 Å². The zero-order valence-corrected chi connectivity index (χ0v) is 33.7. The Kier molecular flexibility index (Phi) is 37.9. The summed E-state index contributed by atoms with van der Waals surface area (Å²) in [4.78, 5) is 36.3. The lowest BCUT2D eigenvalue weighted by molar-refractivity contribution is -0.150. The van der Waals surface area contributed by atoms with Gasteiger partial charge < -0.3 is 20.9 Å². The highest BCUT2D eigenvalue weighted by atomic mass is 16.5. The van der Waals surface area contributed by atoms with E-state index in [0.717, 1.165) is 64.2 Å². The second kappa shape index (κ2) is 39.3. The topological polar surface area (TPSA) is 119 Å². The highest BCUT2D eigenvalue weighted by molar-refractivity contribution is 5.83. The minimum Gasteiger partial charge on any atom is -0.480 e. The van der Waals surface area contributed by atoms with Gasteiger partial charge in [-0.2, -0.15) is 0 Å². The molecule has 0 aliphatic rings. The minimum atomic E-state index is -1.00. The van der Waals surface area contributed by atoms with Crippen molar-refractivity contribution in [2.24, 2.45) is 5.73 Å². The summed E-state index contributed by atoms with van der Waals surface area (Å²) in [6.45, 7) is 4.92. The molecule has 1 amide bonds. The standard InChI is InChI=1S/C44H84N2O5/c1-3-5-7-9-11-13-15-16-17-19-20-22-25-29-34-40(51-43(48)38-32-28-23-21-18-14-12-10-8-6-4-2)35-30-26-24-27-31-37-42(47)46-41(44(49)50)36-33-39-45/h10,12,40-41H,3-9,11,13-39,45H2,1-2H3,(H,46,47)(H,49,50)/b12-10-. The molecule has 51 heavy (non-hydrogen) atoms. The molecule has 7 heteroatoms. The maximum Gasteiger partial charge on any atom is 0.326 e. The van der Waals surface area contributed by atoms with Crippen molar-refractivity contribution in [3.8, 4) is 0 Å². The number of hydrogen-bond donors (Lipinski definition) is 3. The van der Waals surface area contributed by atoms with Crippen LogP contribution in [0.3, 0.4) is 0 Å². The molecule has 2 unspecified atom stereocenters. The summed E-state index contributed by atoms with van der Waals surface area (Å²) in [5.41, 5.74) is 5.48. The Hall–Kier alpha value is -1.89. The van der Waals surface area contributed by atoms with Gasteiger partial charge in [0.1, 0.15) is 12.1 Å². The van der Waals surface area contributed by atoms with Crippen LogP contribution in [0, 0.1) is 0 Å². The first kappa shape index (κ1) is 49.1. The van der Waals surface area contributed by atoms with Crippen molar-refractivity contribution < 1.29 is 24.2 Å². The summed E-state index contributed by atoms with van der Waals surface area (Å²) in [6.07, 6.45) is 42.5. The van der Waals surface area contributed by atoms with Gasteiger partial charge in [-0.1, -0.05) is 161 Å².